The molecule has 0 bridgehead atoms. The van der Waals surface area contributed by atoms with Gasteiger partial charge in [-0.1, -0.05) is 0 Å². The van der Waals surface area contributed by atoms with Crippen LogP contribution in [0.3, 0.4) is 0 Å². The zero-order valence-corrected chi connectivity index (χ0v) is 17.2. The smallest absolute Gasteiger partial charge is 0.258 e. The number of thiazole rings is 1. The molecule has 1 aliphatic heterocycles. The molecular formula is C20H24N6OS. The Morgan fingerprint density at radius 3 is 2.57 bits per heavy atom. The largest absolute Gasteiger partial charge is 0.368 e. The Labute approximate surface area is 168 Å². The zero-order valence-electron chi connectivity index (χ0n) is 16.3. The van der Waals surface area contributed by atoms with Gasteiger partial charge in [-0.25, -0.2) is 9.97 Å². The third-order valence-corrected chi connectivity index (χ3v) is 5.90. The van der Waals surface area contributed by atoms with Crippen LogP contribution in [0.15, 0.2) is 36.0 Å². The van der Waals surface area contributed by atoms with E-state index in [1.807, 2.05) is 48.2 Å². The lowest BCUT2D eigenvalue weighted by molar-refractivity contribution is 0.102. The second kappa shape index (κ2) is 7.73. The van der Waals surface area contributed by atoms with Gasteiger partial charge in [0.2, 0.25) is 0 Å². The van der Waals surface area contributed by atoms with E-state index in [4.69, 9.17) is 0 Å². The fourth-order valence-corrected chi connectivity index (χ4v) is 4.26. The molecule has 0 aromatic carbocycles. The van der Waals surface area contributed by atoms with Crippen molar-refractivity contribution in [1.29, 1.82) is 0 Å². The van der Waals surface area contributed by atoms with E-state index in [1.54, 1.807) is 17.5 Å². The lowest BCUT2D eigenvalue weighted by Crippen LogP contribution is -2.44. The van der Waals surface area contributed by atoms with Crippen LogP contribution in [0, 0.1) is 13.8 Å². The summed E-state index contributed by atoms with van der Waals surface area (Å²) in [5.74, 6) is 0.401. The van der Waals surface area contributed by atoms with Gasteiger partial charge in [-0.15, -0.1) is 11.3 Å². The highest BCUT2D eigenvalue weighted by Crippen LogP contribution is 2.23. The predicted octanol–water partition coefficient (Wildman–Crippen LogP) is 2.95. The van der Waals surface area contributed by atoms with E-state index in [0.717, 1.165) is 48.4 Å². The van der Waals surface area contributed by atoms with Crippen molar-refractivity contribution in [3.05, 3.63) is 52.9 Å². The summed E-state index contributed by atoms with van der Waals surface area (Å²) in [6.45, 7) is 8.00. The highest BCUT2D eigenvalue weighted by Gasteiger charge is 2.19. The Hall–Kier alpha value is -2.71. The molecule has 1 saturated heterocycles. The number of aromatic nitrogens is 3. The number of piperazine rings is 1. The van der Waals surface area contributed by atoms with E-state index in [0.29, 0.717) is 11.4 Å². The average molecular weight is 397 g/mol. The van der Waals surface area contributed by atoms with E-state index >= 15 is 0 Å². The Balaban J connectivity index is 1.48. The van der Waals surface area contributed by atoms with E-state index < -0.39 is 0 Å². The molecule has 1 amide bonds. The van der Waals surface area contributed by atoms with Crippen molar-refractivity contribution in [2.24, 2.45) is 0 Å². The van der Waals surface area contributed by atoms with E-state index in [-0.39, 0.29) is 5.91 Å². The molecular weight excluding hydrogens is 372 g/mol. The summed E-state index contributed by atoms with van der Waals surface area (Å²) < 4.78 is 2.00. The Bertz CT molecular complexity index is 956. The first-order valence-corrected chi connectivity index (χ1v) is 10.2. The summed E-state index contributed by atoms with van der Waals surface area (Å²) in [4.78, 5) is 26.2. The molecule has 7 nitrogen and oxygen atoms in total. The molecule has 4 rings (SSSR count). The summed E-state index contributed by atoms with van der Waals surface area (Å²) in [6, 6.07) is 5.78. The summed E-state index contributed by atoms with van der Waals surface area (Å²) in [5, 5.41) is 5.71. The molecule has 146 valence electrons. The van der Waals surface area contributed by atoms with Crippen LogP contribution in [0.25, 0.3) is 5.13 Å². The highest BCUT2D eigenvalue weighted by atomic mass is 32.1. The van der Waals surface area contributed by atoms with Crippen LogP contribution in [-0.4, -0.2) is 58.6 Å². The minimum Gasteiger partial charge on any atom is -0.368 e. The van der Waals surface area contributed by atoms with Gasteiger partial charge in [-0.05, 0) is 39.1 Å². The third-order valence-electron chi connectivity index (χ3n) is 5.14. The van der Waals surface area contributed by atoms with E-state index in [9.17, 15) is 4.79 Å². The molecule has 4 heterocycles. The molecule has 0 radical (unpaired) electrons. The number of amides is 1. The van der Waals surface area contributed by atoms with Crippen LogP contribution in [0.5, 0.6) is 0 Å². The van der Waals surface area contributed by atoms with Crippen LogP contribution in [0.4, 0.5) is 11.5 Å². The number of pyridine rings is 1. The van der Waals surface area contributed by atoms with Gasteiger partial charge in [-0.2, -0.15) is 0 Å². The molecule has 3 aromatic heterocycles. The van der Waals surface area contributed by atoms with Crippen LogP contribution in [0.1, 0.15) is 21.7 Å². The standard InChI is InChI=1S/C20H24N6OS/c1-14-12-17(15(2)26(14)20-21-6-11-28-20)19(27)23-18-5-4-16(13-22-18)25-9-7-24(3)8-10-25/h4-6,11-13H,7-10H2,1-3H3,(H,22,23,27). The van der Waals surface area contributed by atoms with Crippen LogP contribution < -0.4 is 10.2 Å². The molecule has 0 aliphatic carbocycles. The Morgan fingerprint density at radius 1 is 1.14 bits per heavy atom. The topological polar surface area (TPSA) is 66.3 Å². The van der Waals surface area contributed by atoms with Crippen molar-refractivity contribution >= 4 is 28.7 Å². The number of aryl methyl sites for hydroxylation is 1. The normalized spacial score (nSPS) is 15.0. The van der Waals surface area contributed by atoms with Gasteiger partial charge in [0.1, 0.15) is 5.82 Å². The second-order valence-corrected chi connectivity index (χ2v) is 7.95. The molecule has 1 aliphatic rings. The van der Waals surface area contributed by atoms with Gasteiger partial charge in [0.25, 0.3) is 5.91 Å². The maximum absolute atomic E-state index is 12.8. The number of nitrogens with one attached hydrogen (secondary N) is 1. The minimum absolute atomic E-state index is 0.157. The zero-order chi connectivity index (χ0) is 19.7. The predicted molar refractivity (Wildman–Crippen MR) is 113 cm³/mol. The Morgan fingerprint density at radius 2 is 1.93 bits per heavy atom. The van der Waals surface area contributed by atoms with Crippen molar-refractivity contribution in [1.82, 2.24) is 19.4 Å². The summed E-state index contributed by atoms with van der Waals surface area (Å²) in [6.07, 6.45) is 3.60. The number of carbonyl (C=O) groups is 1. The molecule has 1 fully saturated rings. The number of rotatable bonds is 4. The lowest BCUT2D eigenvalue weighted by Gasteiger charge is -2.33. The molecule has 0 spiro atoms. The molecule has 28 heavy (non-hydrogen) atoms. The summed E-state index contributed by atoms with van der Waals surface area (Å²) in [7, 11) is 2.14. The molecule has 8 heteroatoms. The number of anilines is 2. The molecule has 0 atom stereocenters. The first-order valence-electron chi connectivity index (χ1n) is 9.32. The van der Waals surface area contributed by atoms with Gasteiger partial charge in [0.15, 0.2) is 5.13 Å². The molecule has 0 unspecified atom stereocenters. The quantitative estimate of drug-likeness (QED) is 0.734. The van der Waals surface area contributed by atoms with Gasteiger partial charge in [0, 0.05) is 49.1 Å². The van der Waals surface area contributed by atoms with Crippen molar-refractivity contribution < 1.29 is 4.79 Å². The first kappa shape index (κ1) is 18.6. The number of likely N-dealkylation sites (N-methyl/N-ethyl adjacent to an activating group) is 1. The van der Waals surface area contributed by atoms with Crippen LogP contribution >= 0.6 is 11.3 Å². The van der Waals surface area contributed by atoms with Crippen LogP contribution in [-0.2, 0) is 0 Å². The Kier molecular flexibility index (Phi) is 5.15. The number of carbonyl (C=O) groups excluding carboxylic acids is 1. The van der Waals surface area contributed by atoms with Gasteiger partial charge >= 0.3 is 0 Å². The summed E-state index contributed by atoms with van der Waals surface area (Å²) in [5.41, 5.74) is 3.58. The van der Waals surface area contributed by atoms with Crippen molar-refractivity contribution in [2.45, 2.75) is 13.8 Å². The van der Waals surface area contributed by atoms with E-state index in [1.165, 1.54) is 0 Å². The van der Waals surface area contributed by atoms with Crippen molar-refractivity contribution in [2.75, 3.05) is 43.4 Å². The van der Waals surface area contributed by atoms with Gasteiger partial charge in [-0.3, -0.25) is 9.36 Å². The minimum atomic E-state index is -0.157. The fourth-order valence-electron chi connectivity index (χ4n) is 3.51. The van der Waals surface area contributed by atoms with Gasteiger partial charge < -0.3 is 15.1 Å². The molecule has 1 N–H and O–H groups in total. The van der Waals surface area contributed by atoms with Crippen LogP contribution in [0.2, 0.25) is 0 Å². The number of hydrogen-bond acceptors (Lipinski definition) is 6. The van der Waals surface area contributed by atoms with Crippen molar-refractivity contribution in [3.8, 4) is 5.13 Å². The number of nitrogens with zero attached hydrogens (tertiary/aromatic N) is 5. The van der Waals surface area contributed by atoms with Crippen molar-refractivity contribution in [3.63, 3.8) is 0 Å². The SMILES string of the molecule is Cc1cc(C(=O)Nc2ccc(N3CCN(C)CC3)cn2)c(C)n1-c1nccs1. The third kappa shape index (κ3) is 3.65. The maximum Gasteiger partial charge on any atom is 0.258 e. The second-order valence-electron chi connectivity index (χ2n) is 7.08. The number of hydrogen-bond donors (Lipinski definition) is 1. The highest BCUT2D eigenvalue weighted by molar-refractivity contribution is 7.12. The van der Waals surface area contributed by atoms with E-state index in [2.05, 4.69) is 32.1 Å². The maximum atomic E-state index is 12.8. The monoisotopic (exact) mass is 396 g/mol. The molecule has 3 aromatic rings. The molecule has 0 saturated carbocycles. The average Bonchev–Trinajstić information content (AvgIpc) is 3.31. The lowest BCUT2D eigenvalue weighted by atomic mass is 10.2. The summed E-state index contributed by atoms with van der Waals surface area (Å²) >= 11 is 1.55. The fraction of sp³-hybridized carbons (Fsp3) is 0.350. The van der Waals surface area contributed by atoms with Gasteiger partial charge in [0.05, 0.1) is 17.4 Å². The first-order chi connectivity index (χ1) is 13.5.